The minimum atomic E-state index is -3.84. The summed E-state index contributed by atoms with van der Waals surface area (Å²) < 4.78 is 24.4. The van der Waals surface area contributed by atoms with Gasteiger partial charge in [0.1, 0.15) is 5.82 Å². The fourth-order valence-corrected chi connectivity index (χ4v) is 2.46. The van der Waals surface area contributed by atoms with Gasteiger partial charge in [0, 0.05) is 23.6 Å². The Kier molecular flexibility index (Phi) is 4.19. The highest BCUT2D eigenvalue weighted by Crippen LogP contribution is 2.22. The molecule has 0 aliphatic rings. The lowest BCUT2D eigenvalue weighted by Gasteiger charge is -2.20. The molecule has 0 N–H and O–H groups in total. The molecule has 0 atom stereocenters. The second-order valence-corrected chi connectivity index (χ2v) is 7.69. The summed E-state index contributed by atoms with van der Waals surface area (Å²) in [6.07, 6.45) is 1.57. The molecule has 1 aromatic heterocycles. The number of nitrogens with zero attached hydrogens (tertiary/aromatic N) is 3. The summed E-state index contributed by atoms with van der Waals surface area (Å²) in [5.74, 6) is 0.668. The maximum absolute atomic E-state index is 11.4. The van der Waals surface area contributed by atoms with Crippen molar-refractivity contribution >= 4 is 19.7 Å². The van der Waals surface area contributed by atoms with Gasteiger partial charge in [0.05, 0.1) is 0 Å². The smallest absolute Gasteiger partial charge is 0.296 e. The molecule has 0 amide bonds. The third-order valence-electron chi connectivity index (χ3n) is 2.12. The summed E-state index contributed by atoms with van der Waals surface area (Å²) >= 11 is 0. The molecule has 0 aliphatic carbocycles. The van der Waals surface area contributed by atoms with Gasteiger partial charge >= 0.3 is 0 Å². The second kappa shape index (κ2) is 4.94. The molecular formula is C10H18ClN3O2S. The number of halogens is 1. The van der Waals surface area contributed by atoms with Crippen LogP contribution in [0, 0.1) is 5.41 Å². The highest BCUT2D eigenvalue weighted by molar-refractivity contribution is 8.13. The van der Waals surface area contributed by atoms with Crippen molar-refractivity contribution in [1.29, 1.82) is 0 Å². The van der Waals surface area contributed by atoms with E-state index in [1.807, 2.05) is 27.7 Å². The second-order valence-electron chi connectivity index (χ2n) is 5.23. The van der Waals surface area contributed by atoms with Gasteiger partial charge in [-0.2, -0.15) is 0 Å². The van der Waals surface area contributed by atoms with Crippen LogP contribution in [0.1, 0.15) is 39.9 Å². The molecule has 0 radical (unpaired) electrons. The molecule has 1 heterocycles. The quantitative estimate of drug-likeness (QED) is 0.793. The van der Waals surface area contributed by atoms with Crippen LogP contribution in [0.25, 0.3) is 0 Å². The Bertz CT molecular complexity index is 488. The van der Waals surface area contributed by atoms with Crippen LogP contribution in [-0.2, 0) is 22.0 Å². The molecule has 98 valence electrons. The average Bonchev–Trinajstić information content (AvgIpc) is 2.45. The average molecular weight is 280 g/mol. The van der Waals surface area contributed by atoms with Crippen molar-refractivity contribution in [3.8, 4) is 0 Å². The van der Waals surface area contributed by atoms with Gasteiger partial charge in [-0.15, -0.1) is 10.2 Å². The highest BCUT2D eigenvalue weighted by Gasteiger charge is 2.25. The Morgan fingerprint density at radius 3 is 2.29 bits per heavy atom. The lowest BCUT2D eigenvalue weighted by atomic mass is 9.97. The number of hydrogen-bond donors (Lipinski definition) is 0. The van der Waals surface area contributed by atoms with Crippen molar-refractivity contribution in [3.05, 3.63) is 5.82 Å². The van der Waals surface area contributed by atoms with E-state index in [0.717, 1.165) is 6.42 Å². The molecular weight excluding hydrogens is 262 g/mol. The van der Waals surface area contributed by atoms with Crippen LogP contribution in [0.5, 0.6) is 0 Å². The maximum atomic E-state index is 11.4. The number of rotatable bonds is 4. The maximum Gasteiger partial charge on any atom is 0.296 e. The Balaban J connectivity index is 3.25. The van der Waals surface area contributed by atoms with Crippen LogP contribution in [0.3, 0.4) is 0 Å². The molecule has 5 nitrogen and oxygen atoms in total. The van der Waals surface area contributed by atoms with Crippen molar-refractivity contribution in [2.24, 2.45) is 5.41 Å². The van der Waals surface area contributed by atoms with E-state index in [9.17, 15) is 8.42 Å². The summed E-state index contributed by atoms with van der Waals surface area (Å²) in [6, 6.07) is 0. The molecule has 17 heavy (non-hydrogen) atoms. The molecule has 0 unspecified atom stereocenters. The summed E-state index contributed by atoms with van der Waals surface area (Å²) in [4.78, 5) is 0. The zero-order chi connectivity index (χ0) is 13.3. The molecule has 0 aromatic carbocycles. The number of hydrogen-bond acceptors (Lipinski definition) is 4. The largest absolute Gasteiger partial charge is 0.300 e. The highest BCUT2D eigenvalue weighted by atomic mass is 35.7. The minimum Gasteiger partial charge on any atom is -0.300 e. The third-order valence-corrected chi connectivity index (χ3v) is 3.27. The molecule has 0 bridgehead atoms. The normalized spacial score (nSPS) is 13.0. The van der Waals surface area contributed by atoms with E-state index in [-0.39, 0.29) is 10.6 Å². The van der Waals surface area contributed by atoms with Crippen molar-refractivity contribution in [2.75, 3.05) is 0 Å². The first kappa shape index (κ1) is 14.4. The lowest BCUT2D eigenvalue weighted by Crippen LogP contribution is -2.20. The molecule has 1 aromatic rings. The molecule has 1 rings (SSSR count). The molecule has 0 spiro atoms. The van der Waals surface area contributed by atoms with Crippen LogP contribution < -0.4 is 0 Å². The first-order valence-electron chi connectivity index (χ1n) is 5.52. The zero-order valence-electron chi connectivity index (χ0n) is 10.6. The lowest BCUT2D eigenvalue weighted by molar-refractivity contribution is 0.323. The van der Waals surface area contributed by atoms with Gasteiger partial charge in [-0.25, -0.2) is 8.42 Å². The Morgan fingerprint density at radius 2 is 1.88 bits per heavy atom. The molecule has 0 aliphatic heterocycles. The first-order valence-corrected chi connectivity index (χ1v) is 7.83. The summed E-state index contributed by atoms with van der Waals surface area (Å²) in [7, 11) is 1.51. The Labute approximate surface area is 107 Å². The van der Waals surface area contributed by atoms with E-state index in [1.54, 1.807) is 4.57 Å². The van der Waals surface area contributed by atoms with E-state index < -0.39 is 9.05 Å². The summed E-state index contributed by atoms with van der Waals surface area (Å²) in [5.41, 5.74) is -0.0683. The monoisotopic (exact) mass is 279 g/mol. The Hall–Kier alpha value is -0.620. The van der Waals surface area contributed by atoms with Crippen molar-refractivity contribution in [2.45, 2.75) is 52.2 Å². The third kappa shape index (κ3) is 3.96. The van der Waals surface area contributed by atoms with Gasteiger partial charge in [0.2, 0.25) is 0 Å². The van der Waals surface area contributed by atoms with Gasteiger partial charge in [0.15, 0.2) is 0 Å². The SMILES string of the molecule is CCCc1nnc(S(=O)(=O)Cl)n1CC(C)(C)C. The van der Waals surface area contributed by atoms with E-state index in [2.05, 4.69) is 10.2 Å². The van der Waals surface area contributed by atoms with Crippen molar-refractivity contribution in [3.63, 3.8) is 0 Å². The van der Waals surface area contributed by atoms with E-state index in [0.29, 0.717) is 18.8 Å². The predicted octanol–water partition coefficient (Wildman–Crippen LogP) is 2.20. The Morgan fingerprint density at radius 1 is 1.29 bits per heavy atom. The summed E-state index contributed by atoms with van der Waals surface area (Å²) in [6.45, 7) is 8.59. The van der Waals surface area contributed by atoms with E-state index in [4.69, 9.17) is 10.7 Å². The van der Waals surface area contributed by atoms with Crippen LogP contribution in [0.2, 0.25) is 0 Å². The summed E-state index contributed by atoms with van der Waals surface area (Å²) in [5, 5.41) is 7.43. The first-order chi connectivity index (χ1) is 7.65. The molecule has 0 saturated carbocycles. The molecule has 0 saturated heterocycles. The van der Waals surface area contributed by atoms with Crippen molar-refractivity contribution < 1.29 is 8.42 Å². The standard InChI is InChI=1S/C10H18ClN3O2S/c1-5-6-8-12-13-9(17(11,15)16)14(8)7-10(2,3)4/h5-7H2,1-4H3. The fourth-order valence-electron chi connectivity index (χ4n) is 1.54. The molecule has 0 fully saturated rings. The topological polar surface area (TPSA) is 64.8 Å². The van der Waals surface area contributed by atoms with Gasteiger partial charge in [0.25, 0.3) is 14.2 Å². The van der Waals surface area contributed by atoms with E-state index >= 15 is 0 Å². The minimum absolute atomic E-state index is 0.0683. The van der Waals surface area contributed by atoms with Gasteiger partial charge in [-0.3, -0.25) is 0 Å². The fraction of sp³-hybridized carbons (Fsp3) is 0.800. The van der Waals surface area contributed by atoms with Crippen molar-refractivity contribution in [1.82, 2.24) is 14.8 Å². The zero-order valence-corrected chi connectivity index (χ0v) is 12.1. The number of aromatic nitrogens is 3. The molecule has 7 heteroatoms. The predicted molar refractivity (Wildman–Crippen MR) is 66.5 cm³/mol. The van der Waals surface area contributed by atoms with E-state index in [1.165, 1.54) is 0 Å². The van der Waals surface area contributed by atoms with Crippen LogP contribution in [0.4, 0.5) is 0 Å². The van der Waals surface area contributed by atoms with Crippen LogP contribution in [-0.4, -0.2) is 23.2 Å². The van der Waals surface area contributed by atoms with Gasteiger partial charge in [-0.05, 0) is 11.8 Å². The van der Waals surface area contributed by atoms with Gasteiger partial charge < -0.3 is 4.57 Å². The van der Waals surface area contributed by atoms with Gasteiger partial charge in [-0.1, -0.05) is 27.7 Å². The number of aryl methyl sites for hydroxylation is 1. The van der Waals surface area contributed by atoms with Crippen LogP contribution in [0.15, 0.2) is 5.16 Å². The van der Waals surface area contributed by atoms with Crippen LogP contribution >= 0.6 is 10.7 Å².